The molecule has 4 heterocycles. The van der Waals surface area contributed by atoms with E-state index in [2.05, 4.69) is 35.0 Å². The Bertz CT molecular complexity index is 1500. The van der Waals surface area contributed by atoms with Gasteiger partial charge in [0.1, 0.15) is 22.8 Å². The fraction of sp³-hybridized carbons (Fsp3) is 0.391. The van der Waals surface area contributed by atoms with Crippen molar-refractivity contribution in [2.45, 2.75) is 45.1 Å². The molecule has 0 spiro atoms. The van der Waals surface area contributed by atoms with E-state index in [-0.39, 0.29) is 11.8 Å². The molecule has 4 aromatic heterocycles. The number of halogens is 1. The van der Waals surface area contributed by atoms with Crippen LogP contribution in [0, 0.1) is 13.8 Å². The third-order valence-electron chi connectivity index (χ3n) is 6.05. The number of aromatic nitrogens is 7. The number of nitrogens with zero attached hydrogens (tertiary/aromatic N) is 7. The first kappa shape index (κ1) is 27.4. The molecule has 3 atom stereocenters. The molecule has 1 N–H and O–H groups in total. The molecule has 0 fully saturated rings. The van der Waals surface area contributed by atoms with E-state index in [1.54, 1.807) is 36.6 Å². The van der Waals surface area contributed by atoms with Gasteiger partial charge in [0.2, 0.25) is 21.9 Å². The highest BCUT2D eigenvalue weighted by molar-refractivity contribution is 7.93. The zero-order valence-corrected chi connectivity index (χ0v) is 23.1. The zero-order chi connectivity index (χ0) is 27.6. The number of anilines is 1. The second kappa shape index (κ2) is 11.0. The minimum absolute atomic E-state index is 0.0316. The molecule has 0 aliphatic rings. The van der Waals surface area contributed by atoms with E-state index in [4.69, 9.17) is 25.6 Å². The fourth-order valence-corrected chi connectivity index (χ4v) is 5.37. The summed E-state index contributed by atoms with van der Waals surface area (Å²) in [7, 11) is -1.23. The van der Waals surface area contributed by atoms with Crippen molar-refractivity contribution in [1.82, 2.24) is 34.9 Å². The van der Waals surface area contributed by atoms with E-state index in [0.717, 1.165) is 5.56 Å². The number of pyridine rings is 1. The van der Waals surface area contributed by atoms with Crippen molar-refractivity contribution < 1.29 is 22.4 Å². The first-order valence-corrected chi connectivity index (χ1v) is 13.4. The number of nitrogens with one attached hydrogen (secondary N) is 1. The van der Waals surface area contributed by atoms with Crippen LogP contribution in [0.2, 0.25) is 5.02 Å². The van der Waals surface area contributed by atoms with Crippen LogP contribution in [0.3, 0.4) is 0 Å². The lowest BCUT2D eigenvalue weighted by Crippen LogP contribution is -2.33. The standard InChI is InChI=1S/C23H27ClN8O5S/c1-12-19(14(3)37-30-12)13(2)32-22(17-8-7-9-18(27-17)35-5)28-29-23(32)31-38(33,34)15(4)20(36-6)21-25-10-16(24)11-26-21/h7-11,13,15,20H,1-6H3,(H,29,31)/t13-,15-,20-/m0/s1. The van der Waals surface area contributed by atoms with E-state index in [0.29, 0.717) is 33.9 Å². The van der Waals surface area contributed by atoms with E-state index < -0.39 is 27.4 Å². The lowest BCUT2D eigenvalue weighted by molar-refractivity contribution is 0.0950. The number of methoxy groups -OCH3 is 2. The molecule has 202 valence electrons. The SMILES string of the molecule is COc1cccc(-c2nnc(NS(=O)(=O)[C@@H](C)[C@H](OC)c3ncc(Cl)cn3)n2[C@@H](C)c2c(C)noc2C)n1. The van der Waals surface area contributed by atoms with Gasteiger partial charge < -0.3 is 14.0 Å². The van der Waals surface area contributed by atoms with Crippen molar-refractivity contribution in [1.29, 1.82) is 0 Å². The summed E-state index contributed by atoms with van der Waals surface area (Å²) in [4.78, 5) is 12.7. The molecule has 15 heteroatoms. The topological polar surface area (TPSA) is 160 Å². The average Bonchev–Trinajstić information content (AvgIpc) is 3.47. The molecule has 0 aliphatic heterocycles. The highest BCUT2D eigenvalue weighted by Crippen LogP contribution is 2.33. The van der Waals surface area contributed by atoms with Crippen LogP contribution in [0.25, 0.3) is 11.5 Å². The Hall–Kier alpha value is -3.62. The molecule has 0 amide bonds. The molecular weight excluding hydrogens is 536 g/mol. The normalized spacial score (nSPS) is 14.2. The van der Waals surface area contributed by atoms with Gasteiger partial charge in [0.15, 0.2) is 11.6 Å². The van der Waals surface area contributed by atoms with Crippen LogP contribution in [-0.2, 0) is 14.8 Å². The molecule has 13 nitrogen and oxygen atoms in total. The van der Waals surface area contributed by atoms with Crippen molar-refractivity contribution in [3.8, 4) is 17.4 Å². The van der Waals surface area contributed by atoms with Crippen molar-refractivity contribution in [3.63, 3.8) is 0 Å². The monoisotopic (exact) mass is 562 g/mol. The summed E-state index contributed by atoms with van der Waals surface area (Å²) in [5.74, 6) is 1.39. The van der Waals surface area contributed by atoms with Gasteiger partial charge in [0, 0.05) is 31.1 Å². The first-order valence-electron chi connectivity index (χ1n) is 11.5. The van der Waals surface area contributed by atoms with Gasteiger partial charge in [0.05, 0.1) is 23.9 Å². The summed E-state index contributed by atoms with van der Waals surface area (Å²) in [6.07, 6.45) is 1.76. The van der Waals surface area contributed by atoms with Gasteiger partial charge in [-0.25, -0.2) is 23.4 Å². The molecule has 0 bridgehead atoms. The molecule has 4 aromatic rings. The van der Waals surface area contributed by atoms with Crippen molar-refractivity contribution in [2.75, 3.05) is 18.9 Å². The second-order valence-electron chi connectivity index (χ2n) is 8.46. The van der Waals surface area contributed by atoms with Gasteiger partial charge in [-0.1, -0.05) is 22.8 Å². The minimum atomic E-state index is -4.11. The van der Waals surface area contributed by atoms with E-state index >= 15 is 0 Å². The summed E-state index contributed by atoms with van der Waals surface area (Å²) in [5, 5.41) is 11.7. The summed E-state index contributed by atoms with van der Waals surface area (Å²) < 4.78 is 47.4. The van der Waals surface area contributed by atoms with Crippen LogP contribution >= 0.6 is 11.6 Å². The lowest BCUT2D eigenvalue weighted by atomic mass is 10.1. The molecule has 0 aliphatic carbocycles. The molecule has 0 aromatic carbocycles. The van der Waals surface area contributed by atoms with Gasteiger partial charge in [0.25, 0.3) is 0 Å². The van der Waals surface area contributed by atoms with Gasteiger partial charge in [-0.3, -0.25) is 9.29 Å². The molecular formula is C23H27ClN8O5S. The van der Waals surface area contributed by atoms with Crippen LogP contribution in [0.4, 0.5) is 5.95 Å². The van der Waals surface area contributed by atoms with E-state index in [1.807, 2.05) is 6.92 Å². The van der Waals surface area contributed by atoms with Gasteiger partial charge in [-0.05, 0) is 33.8 Å². The Balaban J connectivity index is 1.78. The van der Waals surface area contributed by atoms with Crippen LogP contribution in [0.15, 0.2) is 35.1 Å². The maximum absolute atomic E-state index is 13.6. The van der Waals surface area contributed by atoms with Crippen LogP contribution in [0.5, 0.6) is 5.88 Å². The smallest absolute Gasteiger partial charge is 0.240 e. The molecule has 4 rings (SSSR count). The minimum Gasteiger partial charge on any atom is -0.481 e. The molecule has 0 saturated heterocycles. The van der Waals surface area contributed by atoms with E-state index in [1.165, 1.54) is 33.5 Å². The predicted molar refractivity (Wildman–Crippen MR) is 138 cm³/mol. The number of sulfonamides is 1. The van der Waals surface area contributed by atoms with Gasteiger partial charge >= 0.3 is 0 Å². The summed E-state index contributed by atoms with van der Waals surface area (Å²) in [6.45, 7) is 6.93. The fourth-order valence-electron chi connectivity index (χ4n) is 4.13. The molecule has 38 heavy (non-hydrogen) atoms. The molecule has 0 unspecified atom stereocenters. The maximum Gasteiger partial charge on any atom is 0.240 e. The molecule has 0 radical (unpaired) electrons. The Kier molecular flexibility index (Phi) is 7.94. The first-order chi connectivity index (χ1) is 18.1. The van der Waals surface area contributed by atoms with Crippen LogP contribution in [0.1, 0.15) is 48.8 Å². The van der Waals surface area contributed by atoms with Crippen molar-refractivity contribution in [3.05, 3.63) is 58.5 Å². The van der Waals surface area contributed by atoms with E-state index in [9.17, 15) is 8.42 Å². The second-order valence-corrected chi connectivity index (χ2v) is 10.9. The third kappa shape index (κ3) is 5.33. The number of rotatable bonds is 10. The Morgan fingerprint density at radius 1 is 1.11 bits per heavy atom. The average molecular weight is 563 g/mol. The van der Waals surface area contributed by atoms with Crippen molar-refractivity contribution in [2.24, 2.45) is 0 Å². The summed E-state index contributed by atoms with van der Waals surface area (Å²) >= 11 is 5.88. The number of aryl methyl sites for hydroxylation is 2. The predicted octanol–water partition coefficient (Wildman–Crippen LogP) is 3.52. The number of hydrogen-bond donors (Lipinski definition) is 1. The lowest BCUT2D eigenvalue weighted by Gasteiger charge is -2.23. The number of hydrogen-bond acceptors (Lipinski definition) is 11. The summed E-state index contributed by atoms with van der Waals surface area (Å²) in [6, 6.07) is 4.69. The Morgan fingerprint density at radius 2 is 1.82 bits per heavy atom. The third-order valence-corrected chi connectivity index (χ3v) is 7.94. The van der Waals surface area contributed by atoms with Crippen LogP contribution < -0.4 is 9.46 Å². The highest BCUT2D eigenvalue weighted by Gasteiger charge is 2.35. The van der Waals surface area contributed by atoms with Crippen molar-refractivity contribution >= 4 is 27.6 Å². The highest BCUT2D eigenvalue weighted by atomic mass is 35.5. The zero-order valence-electron chi connectivity index (χ0n) is 21.6. The maximum atomic E-state index is 13.6. The van der Waals surface area contributed by atoms with Gasteiger partial charge in [-0.15, -0.1) is 10.2 Å². The quantitative estimate of drug-likeness (QED) is 0.301. The Morgan fingerprint density at radius 3 is 2.42 bits per heavy atom. The van der Waals surface area contributed by atoms with Crippen LogP contribution in [-0.4, -0.2) is 62.8 Å². The summed E-state index contributed by atoms with van der Waals surface area (Å²) in [5.41, 5.74) is 1.83. The molecule has 0 saturated carbocycles. The Labute approximate surface area is 224 Å². The number of ether oxygens (including phenoxy) is 2. The largest absolute Gasteiger partial charge is 0.481 e. The van der Waals surface area contributed by atoms with Gasteiger partial charge in [-0.2, -0.15) is 0 Å².